The zero-order chi connectivity index (χ0) is 20.7. The number of para-hydroxylation sites is 1. The number of fused-ring (bicyclic) bond motifs is 2. The van der Waals surface area contributed by atoms with Gasteiger partial charge in [0.05, 0.1) is 24.4 Å². The lowest BCUT2D eigenvalue weighted by Crippen LogP contribution is -2.38. The van der Waals surface area contributed by atoms with Gasteiger partial charge in [-0.15, -0.1) is 0 Å². The number of benzene rings is 1. The van der Waals surface area contributed by atoms with Gasteiger partial charge in [0.25, 0.3) is 5.91 Å². The van der Waals surface area contributed by atoms with Crippen molar-refractivity contribution >= 4 is 22.8 Å². The molecule has 0 spiro atoms. The summed E-state index contributed by atoms with van der Waals surface area (Å²) in [4.78, 5) is 43.1. The Balaban J connectivity index is 1.69. The van der Waals surface area contributed by atoms with Gasteiger partial charge in [-0.3, -0.25) is 14.3 Å². The van der Waals surface area contributed by atoms with Gasteiger partial charge in [0.15, 0.2) is 5.69 Å². The molecule has 1 aliphatic heterocycles. The van der Waals surface area contributed by atoms with Crippen molar-refractivity contribution < 1.29 is 14.3 Å². The summed E-state index contributed by atoms with van der Waals surface area (Å²) in [5, 5.41) is 4.89. The Labute approximate surface area is 167 Å². The Kier molecular flexibility index (Phi) is 4.70. The standard InChI is InChI=1S/C21H22N4O4/c1-4-29-21(28)18-15-11-25(9-8-16(15)23-24(18)3)20(27)14-10-22-17-12(2)6-5-7-13(17)19(14)26/h5-7,10H,4,8-9,11H2,1-3H3,(H,22,26). The van der Waals surface area contributed by atoms with Crippen molar-refractivity contribution in [2.75, 3.05) is 13.2 Å². The Morgan fingerprint density at radius 1 is 1.31 bits per heavy atom. The number of aryl methyl sites for hydroxylation is 2. The van der Waals surface area contributed by atoms with Crippen molar-refractivity contribution in [2.24, 2.45) is 7.05 Å². The normalized spacial score (nSPS) is 13.4. The van der Waals surface area contributed by atoms with Crippen LogP contribution in [0.25, 0.3) is 10.9 Å². The molecule has 8 heteroatoms. The molecule has 1 amide bonds. The summed E-state index contributed by atoms with van der Waals surface area (Å²) in [6.45, 7) is 4.54. The van der Waals surface area contributed by atoms with Crippen LogP contribution in [0.1, 0.15) is 44.6 Å². The maximum absolute atomic E-state index is 13.1. The quantitative estimate of drug-likeness (QED) is 0.685. The number of amides is 1. The van der Waals surface area contributed by atoms with Gasteiger partial charge in [-0.1, -0.05) is 12.1 Å². The molecule has 8 nitrogen and oxygen atoms in total. The van der Waals surface area contributed by atoms with E-state index in [1.54, 1.807) is 31.0 Å². The number of H-pyrrole nitrogens is 1. The van der Waals surface area contributed by atoms with Crippen molar-refractivity contribution in [1.82, 2.24) is 19.7 Å². The largest absolute Gasteiger partial charge is 0.461 e. The lowest BCUT2D eigenvalue weighted by Gasteiger charge is -2.26. The number of pyridine rings is 1. The number of carbonyl (C=O) groups is 2. The van der Waals surface area contributed by atoms with Crippen LogP contribution in [0.4, 0.5) is 0 Å². The van der Waals surface area contributed by atoms with Gasteiger partial charge >= 0.3 is 5.97 Å². The third-order valence-corrected chi connectivity index (χ3v) is 5.31. The van der Waals surface area contributed by atoms with Crippen molar-refractivity contribution in [2.45, 2.75) is 26.8 Å². The molecule has 3 heterocycles. The monoisotopic (exact) mass is 394 g/mol. The number of ether oxygens (including phenoxy) is 1. The minimum atomic E-state index is -0.461. The number of hydrogen-bond donors (Lipinski definition) is 1. The molecule has 0 atom stereocenters. The molecule has 0 aliphatic carbocycles. The van der Waals surface area contributed by atoms with E-state index < -0.39 is 5.97 Å². The van der Waals surface area contributed by atoms with Gasteiger partial charge in [-0.2, -0.15) is 5.10 Å². The molecule has 2 aromatic heterocycles. The summed E-state index contributed by atoms with van der Waals surface area (Å²) in [7, 11) is 1.69. The predicted molar refractivity (Wildman–Crippen MR) is 107 cm³/mol. The first kappa shape index (κ1) is 18.9. The molecule has 29 heavy (non-hydrogen) atoms. The molecule has 1 N–H and O–H groups in total. The molecule has 150 valence electrons. The van der Waals surface area contributed by atoms with Crippen LogP contribution in [0.3, 0.4) is 0 Å². The first-order chi connectivity index (χ1) is 13.9. The second kappa shape index (κ2) is 7.20. The lowest BCUT2D eigenvalue weighted by molar-refractivity contribution is 0.0508. The summed E-state index contributed by atoms with van der Waals surface area (Å²) in [5.74, 6) is -0.823. The van der Waals surface area contributed by atoms with Crippen molar-refractivity contribution in [3.8, 4) is 0 Å². The van der Waals surface area contributed by atoms with Crippen LogP contribution in [0.5, 0.6) is 0 Å². The number of carbonyl (C=O) groups excluding carboxylic acids is 2. The molecule has 0 saturated heterocycles. The maximum atomic E-state index is 13.1. The molecular formula is C21H22N4O4. The Morgan fingerprint density at radius 3 is 2.86 bits per heavy atom. The molecule has 1 aromatic carbocycles. The topological polar surface area (TPSA) is 97.3 Å². The first-order valence-corrected chi connectivity index (χ1v) is 9.54. The molecule has 3 aromatic rings. The number of nitrogens with one attached hydrogen (secondary N) is 1. The second-order valence-corrected chi connectivity index (χ2v) is 7.12. The Morgan fingerprint density at radius 2 is 2.10 bits per heavy atom. The van der Waals surface area contributed by atoms with E-state index in [0.717, 1.165) is 16.8 Å². The van der Waals surface area contributed by atoms with E-state index in [1.165, 1.54) is 10.9 Å². The van der Waals surface area contributed by atoms with E-state index >= 15 is 0 Å². The van der Waals surface area contributed by atoms with E-state index in [2.05, 4.69) is 10.1 Å². The highest BCUT2D eigenvalue weighted by molar-refractivity contribution is 5.98. The summed E-state index contributed by atoms with van der Waals surface area (Å²) in [6.07, 6.45) is 1.99. The number of rotatable bonds is 3. The zero-order valence-electron chi connectivity index (χ0n) is 16.6. The van der Waals surface area contributed by atoms with Crippen LogP contribution in [-0.2, 0) is 24.8 Å². The van der Waals surface area contributed by atoms with Gasteiger partial charge < -0.3 is 14.6 Å². The smallest absolute Gasteiger partial charge is 0.356 e. The average Bonchev–Trinajstić information content (AvgIpc) is 3.03. The fraction of sp³-hybridized carbons (Fsp3) is 0.333. The summed E-state index contributed by atoms with van der Waals surface area (Å²) in [6, 6.07) is 5.42. The SMILES string of the molecule is CCOC(=O)c1c2c(nn1C)CCN(C(=O)c1c[nH]c3c(C)cccc3c1=O)C2. The Hall–Kier alpha value is -3.42. The second-order valence-electron chi connectivity index (χ2n) is 7.12. The van der Waals surface area contributed by atoms with Gasteiger partial charge in [0, 0.05) is 37.2 Å². The third kappa shape index (κ3) is 3.10. The number of aromatic amines is 1. The summed E-state index contributed by atoms with van der Waals surface area (Å²) in [5.41, 5.74) is 3.27. The highest BCUT2D eigenvalue weighted by Crippen LogP contribution is 2.24. The van der Waals surface area contributed by atoms with Gasteiger partial charge in [-0.05, 0) is 25.5 Å². The van der Waals surface area contributed by atoms with Gasteiger partial charge in [0.2, 0.25) is 5.43 Å². The fourth-order valence-electron chi connectivity index (χ4n) is 3.86. The molecule has 0 saturated carbocycles. The number of aromatic nitrogens is 3. The van der Waals surface area contributed by atoms with Gasteiger partial charge in [-0.25, -0.2) is 4.79 Å². The predicted octanol–water partition coefficient (Wildman–Crippen LogP) is 1.95. The van der Waals surface area contributed by atoms with E-state index in [-0.39, 0.29) is 30.1 Å². The minimum Gasteiger partial charge on any atom is -0.461 e. The minimum absolute atomic E-state index is 0.0909. The maximum Gasteiger partial charge on any atom is 0.356 e. The highest BCUT2D eigenvalue weighted by Gasteiger charge is 2.31. The van der Waals surface area contributed by atoms with E-state index in [4.69, 9.17) is 4.74 Å². The Bertz CT molecular complexity index is 1190. The summed E-state index contributed by atoms with van der Waals surface area (Å²) >= 11 is 0. The summed E-state index contributed by atoms with van der Waals surface area (Å²) < 4.78 is 6.64. The molecular weight excluding hydrogens is 372 g/mol. The molecule has 0 fully saturated rings. The van der Waals surface area contributed by atoms with Crippen molar-refractivity contribution in [3.63, 3.8) is 0 Å². The lowest BCUT2D eigenvalue weighted by atomic mass is 10.0. The van der Waals surface area contributed by atoms with Crippen LogP contribution in [-0.4, -0.2) is 44.7 Å². The van der Waals surface area contributed by atoms with Crippen LogP contribution in [0.2, 0.25) is 0 Å². The van der Waals surface area contributed by atoms with Crippen LogP contribution in [0, 0.1) is 6.92 Å². The van der Waals surface area contributed by atoms with Crippen molar-refractivity contribution in [3.05, 3.63) is 62.7 Å². The van der Waals surface area contributed by atoms with E-state index in [9.17, 15) is 14.4 Å². The zero-order valence-corrected chi connectivity index (χ0v) is 16.6. The fourth-order valence-corrected chi connectivity index (χ4v) is 3.86. The van der Waals surface area contributed by atoms with E-state index in [0.29, 0.717) is 29.6 Å². The first-order valence-electron chi connectivity index (χ1n) is 9.54. The molecule has 0 unspecified atom stereocenters. The molecule has 1 aliphatic rings. The molecule has 0 radical (unpaired) electrons. The number of nitrogens with zero attached hydrogens (tertiary/aromatic N) is 3. The van der Waals surface area contributed by atoms with Crippen molar-refractivity contribution in [1.29, 1.82) is 0 Å². The number of esters is 1. The number of hydrogen-bond acceptors (Lipinski definition) is 5. The molecule has 4 rings (SSSR count). The van der Waals surface area contributed by atoms with Gasteiger partial charge in [0.1, 0.15) is 5.56 Å². The highest BCUT2D eigenvalue weighted by atomic mass is 16.5. The van der Waals surface area contributed by atoms with E-state index in [1.807, 2.05) is 13.0 Å². The third-order valence-electron chi connectivity index (χ3n) is 5.31. The van der Waals surface area contributed by atoms with Crippen LogP contribution >= 0.6 is 0 Å². The average molecular weight is 394 g/mol. The van der Waals surface area contributed by atoms with Crippen LogP contribution in [0.15, 0.2) is 29.2 Å². The molecule has 0 bridgehead atoms. The van der Waals surface area contributed by atoms with Crippen LogP contribution < -0.4 is 5.43 Å².